The van der Waals surface area contributed by atoms with Crippen LogP contribution in [0.1, 0.15) is 45.4 Å². The van der Waals surface area contributed by atoms with Crippen molar-refractivity contribution in [2.45, 2.75) is 45.4 Å². The van der Waals surface area contributed by atoms with E-state index >= 15 is 0 Å². The highest BCUT2D eigenvalue weighted by atomic mass is 16.2. The number of rotatable bonds is 4. The molecule has 0 saturated heterocycles. The van der Waals surface area contributed by atoms with E-state index in [2.05, 4.69) is 6.92 Å². The van der Waals surface area contributed by atoms with Crippen LogP contribution in [-0.2, 0) is 4.79 Å². The van der Waals surface area contributed by atoms with Crippen LogP contribution in [-0.4, -0.2) is 30.9 Å². The lowest BCUT2D eigenvalue weighted by Crippen LogP contribution is -2.48. The first-order valence-corrected chi connectivity index (χ1v) is 6.12. The molecule has 15 heavy (non-hydrogen) atoms. The van der Waals surface area contributed by atoms with Crippen molar-refractivity contribution in [2.75, 3.05) is 20.1 Å². The summed E-state index contributed by atoms with van der Waals surface area (Å²) in [6.45, 7) is 3.46. The maximum Gasteiger partial charge on any atom is 0.229 e. The monoisotopic (exact) mass is 212 g/mol. The van der Waals surface area contributed by atoms with Gasteiger partial charge in [-0.25, -0.2) is 0 Å². The molecule has 1 saturated carbocycles. The topological polar surface area (TPSA) is 46.3 Å². The standard InChI is InChI=1S/C12H24N2O/c1-3-9-14(2)11(15)12(10-13)7-5-4-6-8-12/h3-10,13H2,1-2H3. The summed E-state index contributed by atoms with van der Waals surface area (Å²) < 4.78 is 0. The Morgan fingerprint density at radius 1 is 1.33 bits per heavy atom. The average molecular weight is 212 g/mol. The number of amides is 1. The van der Waals surface area contributed by atoms with Gasteiger partial charge in [0.15, 0.2) is 0 Å². The Morgan fingerprint density at radius 3 is 2.40 bits per heavy atom. The van der Waals surface area contributed by atoms with E-state index in [9.17, 15) is 4.79 Å². The van der Waals surface area contributed by atoms with Crippen LogP contribution < -0.4 is 5.73 Å². The zero-order valence-electron chi connectivity index (χ0n) is 10.1. The SMILES string of the molecule is CCCN(C)C(=O)C1(CN)CCCCC1. The van der Waals surface area contributed by atoms with E-state index in [1.807, 2.05) is 11.9 Å². The van der Waals surface area contributed by atoms with Crippen molar-refractivity contribution < 1.29 is 4.79 Å². The Bertz CT molecular complexity index is 210. The normalized spacial score (nSPS) is 19.9. The maximum absolute atomic E-state index is 12.3. The summed E-state index contributed by atoms with van der Waals surface area (Å²) >= 11 is 0. The van der Waals surface area contributed by atoms with Crippen molar-refractivity contribution in [3.63, 3.8) is 0 Å². The van der Waals surface area contributed by atoms with E-state index in [1.165, 1.54) is 6.42 Å². The molecule has 0 radical (unpaired) electrons. The number of hydrogen-bond acceptors (Lipinski definition) is 2. The molecule has 0 aliphatic heterocycles. The summed E-state index contributed by atoms with van der Waals surface area (Å²) in [5.41, 5.74) is 5.59. The molecule has 0 aromatic heterocycles. The van der Waals surface area contributed by atoms with E-state index in [-0.39, 0.29) is 11.3 Å². The van der Waals surface area contributed by atoms with E-state index in [1.54, 1.807) is 0 Å². The lowest BCUT2D eigenvalue weighted by atomic mass is 9.73. The fourth-order valence-electron chi connectivity index (χ4n) is 2.58. The van der Waals surface area contributed by atoms with Crippen molar-refractivity contribution in [3.05, 3.63) is 0 Å². The van der Waals surface area contributed by atoms with Gasteiger partial charge in [0.1, 0.15) is 0 Å². The van der Waals surface area contributed by atoms with Crippen molar-refractivity contribution in [3.8, 4) is 0 Å². The largest absolute Gasteiger partial charge is 0.345 e. The Hall–Kier alpha value is -0.570. The van der Waals surface area contributed by atoms with Gasteiger partial charge in [-0.05, 0) is 19.3 Å². The van der Waals surface area contributed by atoms with Crippen LogP contribution >= 0.6 is 0 Å². The van der Waals surface area contributed by atoms with E-state index in [4.69, 9.17) is 5.73 Å². The first kappa shape index (κ1) is 12.5. The molecule has 1 amide bonds. The molecule has 0 spiro atoms. The van der Waals surface area contributed by atoms with Gasteiger partial charge in [0.05, 0.1) is 5.41 Å². The molecular weight excluding hydrogens is 188 g/mol. The van der Waals surface area contributed by atoms with Crippen molar-refractivity contribution in [1.29, 1.82) is 0 Å². The highest BCUT2D eigenvalue weighted by Gasteiger charge is 2.39. The van der Waals surface area contributed by atoms with Crippen molar-refractivity contribution >= 4 is 5.91 Å². The van der Waals surface area contributed by atoms with Gasteiger partial charge >= 0.3 is 0 Å². The smallest absolute Gasteiger partial charge is 0.229 e. The highest BCUT2D eigenvalue weighted by Crippen LogP contribution is 2.36. The number of carbonyl (C=O) groups is 1. The van der Waals surface area contributed by atoms with Crippen LogP contribution in [0.15, 0.2) is 0 Å². The fraction of sp³-hybridized carbons (Fsp3) is 0.917. The summed E-state index contributed by atoms with van der Waals surface area (Å²) in [7, 11) is 1.90. The molecule has 0 aromatic carbocycles. The third kappa shape index (κ3) is 2.71. The summed E-state index contributed by atoms with van der Waals surface area (Å²) in [5, 5.41) is 0. The highest BCUT2D eigenvalue weighted by molar-refractivity contribution is 5.82. The first-order valence-electron chi connectivity index (χ1n) is 6.12. The molecule has 3 nitrogen and oxygen atoms in total. The number of nitrogens with zero attached hydrogens (tertiary/aromatic N) is 1. The van der Waals surface area contributed by atoms with Gasteiger partial charge in [0.2, 0.25) is 5.91 Å². The lowest BCUT2D eigenvalue weighted by Gasteiger charge is -2.37. The number of hydrogen-bond donors (Lipinski definition) is 1. The zero-order valence-corrected chi connectivity index (χ0v) is 10.1. The summed E-state index contributed by atoms with van der Waals surface area (Å²) in [6, 6.07) is 0. The summed E-state index contributed by atoms with van der Waals surface area (Å²) in [6.07, 6.45) is 6.55. The van der Waals surface area contributed by atoms with Gasteiger partial charge in [-0.15, -0.1) is 0 Å². The molecule has 88 valence electrons. The van der Waals surface area contributed by atoms with Crippen LogP contribution in [0.3, 0.4) is 0 Å². The van der Waals surface area contributed by atoms with Gasteiger partial charge in [-0.3, -0.25) is 4.79 Å². The lowest BCUT2D eigenvalue weighted by molar-refractivity contribution is -0.142. The average Bonchev–Trinajstić information content (AvgIpc) is 2.29. The zero-order chi connectivity index (χ0) is 11.3. The van der Waals surface area contributed by atoms with E-state index in [0.717, 1.165) is 38.6 Å². The van der Waals surface area contributed by atoms with E-state index < -0.39 is 0 Å². The van der Waals surface area contributed by atoms with Crippen LogP contribution in [0.5, 0.6) is 0 Å². The Labute approximate surface area is 93.0 Å². The summed E-state index contributed by atoms with van der Waals surface area (Å²) in [5.74, 6) is 0.270. The minimum absolute atomic E-state index is 0.234. The second-order valence-electron chi connectivity index (χ2n) is 4.77. The maximum atomic E-state index is 12.3. The van der Waals surface area contributed by atoms with Gasteiger partial charge in [0.25, 0.3) is 0 Å². The van der Waals surface area contributed by atoms with Crippen LogP contribution in [0.2, 0.25) is 0 Å². The minimum Gasteiger partial charge on any atom is -0.345 e. The third-order valence-electron chi connectivity index (χ3n) is 3.56. The van der Waals surface area contributed by atoms with Gasteiger partial charge in [0, 0.05) is 20.1 Å². The molecule has 3 heteroatoms. The third-order valence-corrected chi connectivity index (χ3v) is 3.56. The predicted octanol–water partition coefficient (Wildman–Crippen LogP) is 1.76. The Balaban J connectivity index is 2.67. The molecule has 0 heterocycles. The second kappa shape index (κ2) is 5.50. The Morgan fingerprint density at radius 2 is 1.93 bits per heavy atom. The number of nitrogens with two attached hydrogens (primary N) is 1. The second-order valence-corrected chi connectivity index (χ2v) is 4.77. The van der Waals surface area contributed by atoms with E-state index in [0.29, 0.717) is 6.54 Å². The molecule has 1 aliphatic rings. The molecule has 1 aliphatic carbocycles. The molecule has 0 atom stereocenters. The molecule has 0 bridgehead atoms. The van der Waals surface area contributed by atoms with Crippen molar-refractivity contribution in [2.24, 2.45) is 11.1 Å². The Kier molecular flexibility index (Phi) is 4.58. The fourth-order valence-corrected chi connectivity index (χ4v) is 2.58. The van der Waals surface area contributed by atoms with Crippen molar-refractivity contribution in [1.82, 2.24) is 4.90 Å². The minimum atomic E-state index is -0.234. The molecule has 2 N–H and O–H groups in total. The van der Waals surface area contributed by atoms with Gasteiger partial charge in [-0.1, -0.05) is 26.2 Å². The van der Waals surface area contributed by atoms with Gasteiger partial charge in [-0.2, -0.15) is 0 Å². The quantitative estimate of drug-likeness (QED) is 0.772. The van der Waals surface area contributed by atoms with Crippen LogP contribution in [0.4, 0.5) is 0 Å². The first-order chi connectivity index (χ1) is 7.16. The van der Waals surface area contributed by atoms with Gasteiger partial charge < -0.3 is 10.6 Å². The predicted molar refractivity (Wildman–Crippen MR) is 62.5 cm³/mol. The molecule has 1 rings (SSSR count). The molecule has 1 fully saturated rings. The molecular formula is C12H24N2O. The molecule has 0 unspecified atom stereocenters. The molecule has 0 aromatic rings. The van der Waals surface area contributed by atoms with Crippen LogP contribution in [0, 0.1) is 5.41 Å². The summed E-state index contributed by atoms with van der Waals surface area (Å²) in [4.78, 5) is 14.1. The number of carbonyl (C=O) groups excluding carboxylic acids is 1. The van der Waals surface area contributed by atoms with Crippen LogP contribution in [0.25, 0.3) is 0 Å².